The molecule has 0 spiro atoms. The Labute approximate surface area is 174 Å². The fourth-order valence-corrected chi connectivity index (χ4v) is 4.89. The maximum Gasteiger partial charge on any atom is 0.419 e. The maximum atomic E-state index is 13.1. The number of aryl methyl sites for hydroxylation is 2. The minimum Gasteiger partial charge on any atom is -0.408 e. The number of aromatic nitrogens is 3. The van der Waals surface area contributed by atoms with Gasteiger partial charge >= 0.3 is 5.76 Å². The number of anilines is 2. The number of fused-ring (bicyclic) bond motifs is 1. The van der Waals surface area contributed by atoms with Gasteiger partial charge in [-0.15, -0.1) is 0 Å². The summed E-state index contributed by atoms with van der Waals surface area (Å²) in [6, 6.07) is 6.38. The van der Waals surface area contributed by atoms with Crippen LogP contribution in [-0.4, -0.2) is 67.5 Å². The van der Waals surface area contributed by atoms with Crippen molar-refractivity contribution in [2.24, 2.45) is 7.05 Å². The maximum absolute atomic E-state index is 13.1. The number of sulfonamides is 1. The Hall–Kier alpha value is -2.92. The van der Waals surface area contributed by atoms with Crippen molar-refractivity contribution in [2.75, 3.05) is 50.1 Å². The van der Waals surface area contributed by atoms with E-state index < -0.39 is 15.8 Å². The standard InChI is InChI=1S/C19H24N6O4S/c1-13-11-17(22(2)3)21-18(20-13)24-7-9-25(10-8-24)30(27,28)14-5-6-16-15(12-14)23(4)19(26)29-16/h5-6,11-12H,7-10H2,1-4H3. The van der Waals surface area contributed by atoms with E-state index >= 15 is 0 Å². The first kappa shape index (κ1) is 20.4. The number of rotatable bonds is 4. The van der Waals surface area contributed by atoms with Crippen LogP contribution in [0, 0.1) is 6.92 Å². The zero-order valence-corrected chi connectivity index (χ0v) is 18.2. The molecule has 3 heterocycles. The molecule has 0 saturated carbocycles. The van der Waals surface area contributed by atoms with Gasteiger partial charge in [0, 0.05) is 59.1 Å². The second-order valence-electron chi connectivity index (χ2n) is 7.51. The van der Waals surface area contributed by atoms with Crippen molar-refractivity contribution < 1.29 is 12.8 Å². The first-order valence-electron chi connectivity index (χ1n) is 9.54. The van der Waals surface area contributed by atoms with Crippen LogP contribution in [0.4, 0.5) is 11.8 Å². The van der Waals surface area contributed by atoms with Crippen LogP contribution in [0.3, 0.4) is 0 Å². The minimum atomic E-state index is -3.70. The molecule has 0 atom stereocenters. The summed E-state index contributed by atoms with van der Waals surface area (Å²) in [5.74, 6) is 0.889. The molecule has 0 unspecified atom stereocenters. The molecule has 2 aromatic heterocycles. The third kappa shape index (κ3) is 3.54. The van der Waals surface area contributed by atoms with E-state index in [2.05, 4.69) is 9.97 Å². The topological polar surface area (TPSA) is 105 Å². The Morgan fingerprint density at radius 2 is 1.77 bits per heavy atom. The SMILES string of the molecule is Cc1cc(N(C)C)nc(N2CCN(S(=O)(=O)c3ccc4oc(=O)n(C)c4c3)CC2)n1. The van der Waals surface area contributed by atoms with Crippen molar-refractivity contribution in [1.82, 2.24) is 18.8 Å². The van der Waals surface area contributed by atoms with E-state index in [9.17, 15) is 13.2 Å². The molecule has 30 heavy (non-hydrogen) atoms. The summed E-state index contributed by atoms with van der Waals surface area (Å²) in [6.45, 7) is 3.53. The van der Waals surface area contributed by atoms with Gasteiger partial charge in [0.2, 0.25) is 16.0 Å². The number of benzene rings is 1. The Morgan fingerprint density at radius 1 is 1.07 bits per heavy atom. The summed E-state index contributed by atoms with van der Waals surface area (Å²) in [6.07, 6.45) is 0. The van der Waals surface area contributed by atoms with Crippen LogP contribution in [0.15, 0.2) is 38.4 Å². The number of nitrogens with zero attached hydrogens (tertiary/aromatic N) is 6. The van der Waals surface area contributed by atoms with E-state index in [-0.39, 0.29) is 4.90 Å². The van der Waals surface area contributed by atoms with Crippen molar-refractivity contribution >= 4 is 32.9 Å². The summed E-state index contributed by atoms with van der Waals surface area (Å²) >= 11 is 0. The molecule has 0 aliphatic carbocycles. The van der Waals surface area contributed by atoms with E-state index in [1.165, 1.54) is 27.1 Å². The minimum absolute atomic E-state index is 0.140. The summed E-state index contributed by atoms with van der Waals surface area (Å²) in [7, 11) is 1.69. The highest BCUT2D eigenvalue weighted by Crippen LogP contribution is 2.24. The molecule has 0 radical (unpaired) electrons. The molecule has 3 aromatic rings. The lowest BCUT2D eigenvalue weighted by Crippen LogP contribution is -2.49. The zero-order valence-electron chi connectivity index (χ0n) is 17.4. The van der Waals surface area contributed by atoms with Crippen LogP contribution in [0.5, 0.6) is 0 Å². The van der Waals surface area contributed by atoms with Crippen LogP contribution in [0.25, 0.3) is 11.1 Å². The molecule has 10 nitrogen and oxygen atoms in total. The van der Waals surface area contributed by atoms with Gasteiger partial charge in [0.25, 0.3) is 0 Å². The fraction of sp³-hybridized carbons (Fsp3) is 0.421. The molecular formula is C19H24N6O4S. The van der Waals surface area contributed by atoms with E-state index in [1.807, 2.05) is 36.9 Å². The normalized spacial score (nSPS) is 15.7. The molecule has 1 aliphatic heterocycles. The lowest BCUT2D eigenvalue weighted by Gasteiger charge is -2.34. The molecule has 0 N–H and O–H groups in total. The van der Waals surface area contributed by atoms with Gasteiger partial charge in [-0.1, -0.05) is 0 Å². The molecule has 1 aliphatic rings. The van der Waals surface area contributed by atoms with Crippen molar-refractivity contribution in [2.45, 2.75) is 11.8 Å². The van der Waals surface area contributed by atoms with E-state index in [4.69, 9.17) is 4.42 Å². The average molecular weight is 433 g/mol. The molecule has 11 heteroatoms. The average Bonchev–Trinajstić information content (AvgIpc) is 3.01. The van der Waals surface area contributed by atoms with Gasteiger partial charge in [-0.3, -0.25) is 4.57 Å². The first-order chi connectivity index (χ1) is 14.2. The lowest BCUT2D eigenvalue weighted by molar-refractivity contribution is 0.382. The largest absolute Gasteiger partial charge is 0.419 e. The van der Waals surface area contributed by atoms with Gasteiger partial charge in [0.1, 0.15) is 5.82 Å². The van der Waals surface area contributed by atoms with Gasteiger partial charge in [-0.2, -0.15) is 9.29 Å². The molecule has 1 aromatic carbocycles. The molecular weight excluding hydrogens is 408 g/mol. The lowest BCUT2D eigenvalue weighted by atomic mass is 10.3. The van der Waals surface area contributed by atoms with Crippen molar-refractivity contribution in [3.8, 4) is 0 Å². The van der Waals surface area contributed by atoms with Crippen molar-refractivity contribution in [3.63, 3.8) is 0 Å². The van der Waals surface area contributed by atoms with Gasteiger partial charge in [0.05, 0.1) is 10.4 Å². The summed E-state index contributed by atoms with van der Waals surface area (Å²) in [5, 5.41) is 0. The summed E-state index contributed by atoms with van der Waals surface area (Å²) in [4.78, 5) is 24.8. The van der Waals surface area contributed by atoms with Crippen molar-refractivity contribution in [3.05, 3.63) is 40.5 Å². The molecule has 4 rings (SSSR count). The number of hydrogen-bond acceptors (Lipinski definition) is 8. The van der Waals surface area contributed by atoms with Crippen LogP contribution >= 0.6 is 0 Å². The number of oxazole rings is 1. The number of hydrogen-bond donors (Lipinski definition) is 0. The zero-order chi connectivity index (χ0) is 21.6. The Morgan fingerprint density at radius 3 is 2.43 bits per heavy atom. The van der Waals surface area contributed by atoms with Crippen molar-refractivity contribution in [1.29, 1.82) is 0 Å². The third-order valence-electron chi connectivity index (χ3n) is 5.21. The fourth-order valence-electron chi connectivity index (χ4n) is 3.45. The first-order valence-corrected chi connectivity index (χ1v) is 11.0. The molecule has 160 valence electrons. The van der Waals surface area contributed by atoms with Gasteiger partial charge in [0.15, 0.2) is 5.58 Å². The molecule has 0 bridgehead atoms. The predicted molar refractivity (Wildman–Crippen MR) is 114 cm³/mol. The van der Waals surface area contributed by atoms with E-state index in [0.717, 1.165) is 11.5 Å². The molecule has 1 fully saturated rings. The van der Waals surface area contributed by atoms with Crippen LogP contribution in [0.2, 0.25) is 0 Å². The Balaban J connectivity index is 1.55. The number of piperazine rings is 1. The second kappa shape index (κ2) is 7.40. The molecule has 0 amide bonds. The van der Waals surface area contributed by atoms with E-state index in [0.29, 0.717) is 43.2 Å². The monoisotopic (exact) mass is 432 g/mol. The third-order valence-corrected chi connectivity index (χ3v) is 7.10. The van der Waals surface area contributed by atoms with Crippen LogP contribution in [0.1, 0.15) is 5.69 Å². The predicted octanol–water partition coefficient (Wildman–Crippen LogP) is 0.807. The highest BCUT2D eigenvalue weighted by atomic mass is 32.2. The smallest absolute Gasteiger partial charge is 0.408 e. The second-order valence-corrected chi connectivity index (χ2v) is 9.45. The molecule has 1 saturated heterocycles. The Bertz CT molecular complexity index is 1260. The Kier molecular flexibility index (Phi) is 5.02. The highest BCUT2D eigenvalue weighted by molar-refractivity contribution is 7.89. The van der Waals surface area contributed by atoms with E-state index in [1.54, 1.807) is 7.05 Å². The quantitative estimate of drug-likeness (QED) is 0.596. The van der Waals surface area contributed by atoms with Gasteiger partial charge in [-0.05, 0) is 25.1 Å². The summed E-state index contributed by atoms with van der Waals surface area (Å²) < 4.78 is 34.1. The van der Waals surface area contributed by atoms with Crippen LogP contribution < -0.4 is 15.6 Å². The van der Waals surface area contributed by atoms with Crippen LogP contribution in [-0.2, 0) is 17.1 Å². The highest BCUT2D eigenvalue weighted by Gasteiger charge is 2.30. The summed E-state index contributed by atoms with van der Waals surface area (Å²) in [5.41, 5.74) is 1.67. The van der Waals surface area contributed by atoms with Gasteiger partial charge < -0.3 is 14.2 Å². The van der Waals surface area contributed by atoms with Gasteiger partial charge in [-0.25, -0.2) is 18.2 Å².